The highest BCUT2D eigenvalue weighted by Crippen LogP contribution is 2.26. The van der Waals surface area contributed by atoms with Crippen LogP contribution in [0.25, 0.3) is 0 Å². The van der Waals surface area contributed by atoms with Crippen molar-refractivity contribution in [3.8, 4) is 0 Å². The molecule has 1 aromatic rings. The Hall–Kier alpha value is -0.930. The number of benzene rings is 1. The monoisotopic (exact) mass is 270 g/mol. The largest absolute Gasteiger partial charge is 0.397 e. The highest BCUT2D eigenvalue weighted by molar-refractivity contribution is 5.85. The van der Waals surface area contributed by atoms with E-state index < -0.39 is 0 Å². The van der Waals surface area contributed by atoms with E-state index in [1.165, 1.54) is 5.56 Å². The van der Waals surface area contributed by atoms with Gasteiger partial charge in [0.25, 0.3) is 0 Å². The van der Waals surface area contributed by atoms with E-state index in [0.29, 0.717) is 5.92 Å². The van der Waals surface area contributed by atoms with Gasteiger partial charge in [-0.05, 0) is 30.0 Å². The highest BCUT2D eigenvalue weighted by Gasteiger charge is 2.13. The van der Waals surface area contributed by atoms with Crippen molar-refractivity contribution in [1.29, 1.82) is 0 Å². The second-order valence-corrected chi connectivity index (χ2v) is 5.09. The molecule has 3 nitrogen and oxygen atoms in total. The Morgan fingerprint density at radius 3 is 2.50 bits per heavy atom. The van der Waals surface area contributed by atoms with Gasteiger partial charge in [-0.3, -0.25) is 0 Å². The Labute approximate surface area is 116 Å². The standard InChI is InChI=1S/C14H22N2O.ClH/c1-11(2)9-12-3-4-14(13(15)10-12)16-5-7-17-8-6-16;/h3-4,10-11H,5-9,15H2,1-2H3;1H. The van der Waals surface area contributed by atoms with Crippen molar-refractivity contribution in [3.05, 3.63) is 23.8 Å². The highest BCUT2D eigenvalue weighted by atomic mass is 35.5. The van der Waals surface area contributed by atoms with E-state index in [1.54, 1.807) is 0 Å². The van der Waals surface area contributed by atoms with Crippen LogP contribution < -0.4 is 10.6 Å². The van der Waals surface area contributed by atoms with E-state index in [-0.39, 0.29) is 12.4 Å². The lowest BCUT2D eigenvalue weighted by Crippen LogP contribution is -2.36. The van der Waals surface area contributed by atoms with Crippen LogP contribution in [0.3, 0.4) is 0 Å². The summed E-state index contributed by atoms with van der Waals surface area (Å²) < 4.78 is 5.35. The first-order valence-corrected chi connectivity index (χ1v) is 6.38. The maximum Gasteiger partial charge on any atom is 0.0642 e. The van der Waals surface area contributed by atoms with Crippen LogP contribution >= 0.6 is 12.4 Å². The van der Waals surface area contributed by atoms with Gasteiger partial charge in [0.15, 0.2) is 0 Å². The zero-order valence-electron chi connectivity index (χ0n) is 11.2. The molecule has 1 aliphatic rings. The quantitative estimate of drug-likeness (QED) is 0.859. The Morgan fingerprint density at radius 1 is 1.28 bits per heavy atom. The average molecular weight is 271 g/mol. The molecular weight excluding hydrogens is 248 g/mol. The molecule has 0 atom stereocenters. The smallest absolute Gasteiger partial charge is 0.0642 e. The average Bonchev–Trinajstić information content (AvgIpc) is 2.29. The van der Waals surface area contributed by atoms with Gasteiger partial charge in [-0.1, -0.05) is 19.9 Å². The first kappa shape index (κ1) is 15.1. The number of halogens is 1. The minimum atomic E-state index is 0. The summed E-state index contributed by atoms with van der Waals surface area (Å²) in [5, 5.41) is 0. The Morgan fingerprint density at radius 2 is 1.94 bits per heavy atom. The minimum absolute atomic E-state index is 0. The SMILES string of the molecule is CC(C)Cc1ccc(N2CCOCC2)c(N)c1.Cl. The summed E-state index contributed by atoms with van der Waals surface area (Å²) in [7, 11) is 0. The maximum atomic E-state index is 6.15. The Balaban J connectivity index is 0.00000162. The number of nitrogens with zero attached hydrogens (tertiary/aromatic N) is 1. The van der Waals surface area contributed by atoms with Crippen molar-refractivity contribution in [2.24, 2.45) is 5.92 Å². The zero-order valence-corrected chi connectivity index (χ0v) is 12.0. The number of hydrogen-bond donors (Lipinski definition) is 1. The van der Waals surface area contributed by atoms with Gasteiger partial charge in [0.1, 0.15) is 0 Å². The number of hydrogen-bond acceptors (Lipinski definition) is 3. The van der Waals surface area contributed by atoms with Crippen LogP contribution in [0, 0.1) is 5.92 Å². The second-order valence-electron chi connectivity index (χ2n) is 5.09. The third-order valence-corrected chi connectivity index (χ3v) is 3.09. The number of morpholine rings is 1. The van der Waals surface area contributed by atoms with E-state index in [9.17, 15) is 0 Å². The maximum absolute atomic E-state index is 6.15. The lowest BCUT2D eigenvalue weighted by molar-refractivity contribution is 0.123. The summed E-state index contributed by atoms with van der Waals surface area (Å²) in [6.45, 7) is 7.93. The number of rotatable bonds is 3. The van der Waals surface area contributed by atoms with Gasteiger partial charge in [0.05, 0.1) is 24.6 Å². The fourth-order valence-electron chi connectivity index (χ4n) is 2.29. The second kappa shape index (κ2) is 6.86. The molecule has 0 bridgehead atoms. The molecule has 0 amide bonds. The van der Waals surface area contributed by atoms with Gasteiger partial charge in [-0.15, -0.1) is 12.4 Å². The normalized spacial score (nSPS) is 15.6. The molecule has 2 rings (SSSR count). The first-order valence-electron chi connectivity index (χ1n) is 6.38. The summed E-state index contributed by atoms with van der Waals surface area (Å²) in [5.74, 6) is 0.670. The van der Waals surface area contributed by atoms with Crippen molar-refractivity contribution < 1.29 is 4.74 Å². The molecule has 0 aliphatic carbocycles. The Kier molecular flexibility index (Phi) is 5.76. The topological polar surface area (TPSA) is 38.5 Å². The van der Waals surface area contributed by atoms with Gasteiger partial charge >= 0.3 is 0 Å². The fourth-order valence-corrected chi connectivity index (χ4v) is 2.29. The first-order chi connectivity index (χ1) is 8.16. The molecular formula is C14H23ClN2O. The molecule has 2 N–H and O–H groups in total. The van der Waals surface area contributed by atoms with E-state index in [4.69, 9.17) is 10.5 Å². The molecule has 1 fully saturated rings. The van der Waals surface area contributed by atoms with Crippen molar-refractivity contribution in [3.63, 3.8) is 0 Å². The van der Waals surface area contributed by atoms with Gasteiger partial charge in [0.2, 0.25) is 0 Å². The van der Waals surface area contributed by atoms with Crippen molar-refractivity contribution >= 4 is 23.8 Å². The molecule has 1 aliphatic heterocycles. The van der Waals surface area contributed by atoms with Crippen LogP contribution in [0.2, 0.25) is 0 Å². The lowest BCUT2D eigenvalue weighted by atomic mass is 10.0. The molecule has 102 valence electrons. The van der Waals surface area contributed by atoms with Crippen LogP contribution in [-0.2, 0) is 11.2 Å². The molecule has 4 heteroatoms. The van der Waals surface area contributed by atoms with E-state index in [1.807, 2.05) is 0 Å². The molecule has 18 heavy (non-hydrogen) atoms. The lowest BCUT2D eigenvalue weighted by Gasteiger charge is -2.30. The number of anilines is 2. The number of nitrogen functional groups attached to an aromatic ring is 1. The fraction of sp³-hybridized carbons (Fsp3) is 0.571. The predicted molar refractivity (Wildman–Crippen MR) is 79.7 cm³/mol. The molecule has 0 unspecified atom stereocenters. The number of ether oxygens (including phenoxy) is 1. The predicted octanol–water partition coefficient (Wildman–Crippen LogP) is 2.73. The van der Waals surface area contributed by atoms with Gasteiger partial charge in [-0.2, -0.15) is 0 Å². The number of nitrogens with two attached hydrogens (primary N) is 1. The summed E-state index contributed by atoms with van der Waals surface area (Å²) >= 11 is 0. The van der Waals surface area contributed by atoms with Crippen LogP contribution in [0.5, 0.6) is 0 Å². The van der Waals surface area contributed by atoms with E-state index in [2.05, 4.69) is 36.9 Å². The summed E-state index contributed by atoms with van der Waals surface area (Å²) in [6.07, 6.45) is 1.09. The van der Waals surface area contributed by atoms with Crippen LogP contribution in [0.15, 0.2) is 18.2 Å². The molecule has 1 heterocycles. The van der Waals surface area contributed by atoms with Crippen molar-refractivity contribution in [2.75, 3.05) is 36.9 Å². The molecule has 0 saturated carbocycles. The zero-order chi connectivity index (χ0) is 12.3. The summed E-state index contributed by atoms with van der Waals surface area (Å²) in [6, 6.07) is 6.46. The molecule has 1 aromatic carbocycles. The van der Waals surface area contributed by atoms with Gasteiger partial charge in [-0.25, -0.2) is 0 Å². The minimum Gasteiger partial charge on any atom is -0.397 e. The molecule has 0 spiro atoms. The van der Waals surface area contributed by atoms with Crippen molar-refractivity contribution in [2.45, 2.75) is 20.3 Å². The van der Waals surface area contributed by atoms with E-state index >= 15 is 0 Å². The third-order valence-electron chi connectivity index (χ3n) is 3.09. The van der Waals surface area contributed by atoms with E-state index in [0.717, 1.165) is 44.1 Å². The molecule has 1 saturated heterocycles. The van der Waals surface area contributed by atoms with Crippen LogP contribution in [0.1, 0.15) is 19.4 Å². The van der Waals surface area contributed by atoms with Gasteiger partial charge < -0.3 is 15.4 Å². The molecule has 0 aromatic heterocycles. The molecule has 0 radical (unpaired) electrons. The third kappa shape index (κ3) is 3.79. The van der Waals surface area contributed by atoms with Crippen LogP contribution in [0.4, 0.5) is 11.4 Å². The summed E-state index contributed by atoms with van der Waals surface area (Å²) in [5.41, 5.74) is 9.52. The van der Waals surface area contributed by atoms with Gasteiger partial charge in [0, 0.05) is 13.1 Å². The van der Waals surface area contributed by atoms with Crippen molar-refractivity contribution in [1.82, 2.24) is 0 Å². The Bertz CT molecular complexity index is 376. The van der Waals surface area contributed by atoms with Crippen LogP contribution in [-0.4, -0.2) is 26.3 Å². The summed E-state index contributed by atoms with van der Waals surface area (Å²) in [4.78, 5) is 2.30.